The molecule has 1 aromatic carbocycles. The summed E-state index contributed by atoms with van der Waals surface area (Å²) < 4.78 is 0. The Morgan fingerprint density at radius 2 is 1.95 bits per heavy atom. The van der Waals surface area contributed by atoms with Crippen molar-refractivity contribution in [2.75, 3.05) is 5.75 Å². The van der Waals surface area contributed by atoms with Crippen LogP contribution in [0.1, 0.15) is 20.3 Å². The lowest BCUT2D eigenvalue weighted by atomic mass is 10.2. The molecule has 5 heteroatoms. The molecule has 0 amide bonds. The third-order valence-corrected chi connectivity index (χ3v) is 3.55. The zero-order chi connectivity index (χ0) is 13.7. The molecular formula is C14H17N3OS. The fourth-order valence-corrected chi connectivity index (χ4v) is 2.61. The quantitative estimate of drug-likeness (QED) is 0.852. The van der Waals surface area contributed by atoms with Gasteiger partial charge in [-0.1, -0.05) is 55.9 Å². The van der Waals surface area contributed by atoms with Crippen molar-refractivity contribution < 1.29 is 0 Å². The molecule has 0 saturated carbocycles. The maximum Gasteiger partial charge on any atom is 0.278 e. The first kappa shape index (κ1) is 13.8. The van der Waals surface area contributed by atoms with E-state index in [0.717, 1.165) is 17.7 Å². The normalized spacial score (nSPS) is 10.9. The summed E-state index contributed by atoms with van der Waals surface area (Å²) in [5, 5.41) is 8.69. The van der Waals surface area contributed by atoms with Crippen LogP contribution in [0.3, 0.4) is 0 Å². The summed E-state index contributed by atoms with van der Waals surface area (Å²) in [6.45, 7) is 4.35. The minimum absolute atomic E-state index is 0.187. The van der Waals surface area contributed by atoms with Gasteiger partial charge in [0.05, 0.1) is 0 Å². The molecule has 1 N–H and O–H groups in total. The van der Waals surface area contributed by atoms with Gasteiger partial charge in [0, 0.05) is 11.3 Å². The van der Waals surface area contributed by atoms with E-state index in [1.807, 2.05) is 30.3 Å². The second-order valence-electron chi connectivity index (χ2n) is 4.70. The summed E-state index contributed by atoms with van der Waals surface area (Å²) in [4.78, 5) is 14.7. The van der Waals surface area contributed by atoms with Crippen LogP contribution in [0.4, 0.5) is 0 Å². The van der Waals surface area contributed by atoms with E-state index in [2.05, 4.69) is 29.0 Å². The fourth-order valence-electron chi connectivity index (χ4n) is 1.56. The zero-order valence-corrected chi connectivity index (χ0v) is 11.9. The first-order valence-corrected chi connectivity index (χ1v) is 7.30. The lowest BCUT2D eigenvalue weighted by Crippen LogP contribution is -2.14. The minimum atomic E-state index is -0.187. The largest absolute Gasteiger partial charge is 0.298 e. The average molecular weight is 275 g/mol. The van der Waals surface area contributed by atoms with Gasteiger partial charge in [0.25, 0.3) is 5.56 Å². The number of hydrogen-bond donors (Lipinski definition) is 1. The molecule has 2 rings (SSSR count). The number of nitrogens with zero attached hydrogens (tertiary/aromatic N) is 2. The minimum Gasteiger partial charge on any atom is -0.298 e. The van der Waals surface area contributed by atoms with Gasteiger partial charge >= 0.3 is 0 Å². The molecule has 19 heavy (non-hydrogen) atoms. The van der Waals surface area contributed by atoms with E-state index in [9.17, 15) is 4.79 Å². The highest BCUT2D eigenvalue weighted by Gasteiger charge is 2.07. The molecule has 1 aromatic heterocycles. The number of rotatable bonds is 5. The molecule has 0 radical (unpaired) electrons. The Labute approximate surface area is 116 Å². The SMILES string of the molecule is CC(C)CCSc1nnc(-c2ccccc2)c(=O)[nH]1. The van der Waals surface area contributed by atoms with Crippen molar-refractivity contribution in [2.24, 2.45) is 5.92 Å². The molecule has 0 atom stereocenters. The number of hydrogen-bond acceptors (Lipinski definition) is 4. The van der Waals surface area contributed by atoms with E-state index >= 15 is 0 Å². The third kappa shape index (κ3) is 3.92. The summed E-state index contributed by atoms with van der Waals surface area (Å²) in [7, 11) is 0. The molecule has 4 nitrogen and oxygen atoms in total. The van der Waals surface area contributed by atoms with Crippen LogP contribution in [0.2, 0.25) is 0 Å². The van der Waals surface area contributed by atoms with Crippen LogP contribution in [0, 0.1) is 5.92 Å². The first-order chi connectivity index (χ1) is 9.16. The van der Waals surface area contributed by atoms with Gasteiger partial charge in [-0.2, -0.15) is 0 Å². The van der Waals surface area contributed by atoms with Gasteiger partial charge in [-0.3, -0.25) is 9.78 Å². The van der Waals surface area contributed by atoms with Crippen LogP contribution >= 0.6 is 11.8 Å². The molecular weight excluding hydrogens is 258 g/mol. The van der Waals surface area contributed by atoms with Gasteiger partial charge in [-0.25, -0.2) is 0 Å². The van der Waals surface area contributed by atoms with E-state index in [0.29, 0.717) is 16.8 Å². The van der Waals surface area contributed by atoms with Crippen LogP contribution < -0.4 is 5.56 Å². The standard InChI is InChI=1S/C14H17N3OS/c1-10(2)8-9-19-14-15-13(18)12(16-17-14)11-6-4-3-5-7-11/h3-7,10H,8-9H2,1-2H3,(H,15,17,18). The second kappa shape index (κ2) is 6.52. The summed E-state index contributed by atoms with van der Waals surface area (Å²) >= 11 is 1.54. The second-order valence-corrected chi connectivity index (χ2v) is 5.79. The number of aromatic nitrogens is 3. The maximum atomic E-state index is 12.0. The van der Waals surface area contributed by atoms with Crippen LogP contribution in [-0.2, 0) is 0 Å². The topological polar surface area (TPSA) is 58.6 Å². The lowest BCUT2D eigenvalue weighted by molar-refractivity contribution is 0.631. The lowest BCUT2D eigenvalue weighted by Gasteiger charge is -2.04. The number of aromatic amines is 1. The number of thioether (sulfide) groups is 1. The van der Waals surface area contributed by atoms with Crippen molar-refractivity contribution in [3.8, 4) is 11.3 Å². The Bertz CT molecular complexity index is 581. The Morgan fingerprint density at radius 1 is 1.21 bits per heavy atom. The molecule has 0 fully saturated rings. The summed E-state index contributed by atoms with van der Waals surface area (Å²) in [6.07, 6.45) is 1.09. The molecule has 0 aliphatic carbocycles. The molecule has 0 unspecified atom stereocenters. The van der Waals surface area contributed by atoms with Gasteiger partial charge in [-0.15, -0.1) is 10.2 Å². The highest BCUT2D eigenvalue weighted by atomic mass is 32.2. The summed E-state index contributed by atoms with van der Waals surface area (Å²) in [5.74, 6) is 1.59. The molecule has 1 heterocycles. The average Bonchev–Trinajstić information content (AvgIpc) is 2.39. The van der Waals surface area contributed by atoms with Gasteiger partial charge in [0.1, 0.15) is 0 Å². The van der Waals surface area contributed by atoms with Crippen LogP contribution in [0.15, 0.2) is 40.3 Å². The van der Waals surface area contributed by atoms with Gasteiger partial charge in [0.2, 0.25) is 0 Å². The number of H-pyrrole nitrogens is 1. The van der Waals surface area contributed by atoms with Crippen LogP contribution in [0.25, 0.3) is 11.3 Å². The Balaban J connectivity index is 2.12. The highest BCUT2D eigenvalue weighted by Crippen LogP contribution is 2.16. The summed E-state index contributed by atoms with van der Waals surface area (Å²) in [5.41, 5.74) is 0.969. The van der Waals surface area contributed by atoms with Crippen molar-refractivity contribution in [3.63, 3.8) is 0 Å². The van der Waals surface area contributed by atoms with Crippen molar-refractivity contribution in [1.82, 2.24) is 15.2 Å². The van der Waals surface area contributed by atoms with E-state index in [1.54, 1.807) is 0 Å². The molecule has 0 spiro atoms. The molecule has 2 aromatic rings. The smallest absolute Gasteiger partial charge is 0.278 e. The van der Waals surface area contributed by atoms with Gasteiger partial charge in [-0.05, 0) is 12.3 Å². The Hall–Kier alpha value is -1.62. The predicted octanol–water partition coefficient (Wildman–Crippen LogP) is 2.97. The predicted molar refractivity (Wildman–Crippen MR) is 78.3 cm³/mol. The zero-order valence-electron chi connectivity index (χ0n) is 11.1. The van der Waals surface area contributed by atoms with Crippen molar-refractivity contribution in [1.29, 1.82) is 0 Å². The Kier molecular flexibility index (Phi) is 4.74. The van der Waals surface area contributed by atoms with Gasteiger partial charge < -0.3 is 0 Å². The Morgan fingerprint density at radius 3 is 2.58 bits per heavy atom. The number of benzene rings is 1. The highest BCUT2D eigenvalue weighted by molar-refractivity contribution is 7.99. The molecule has 100 valence electrons. The molecule has 0 bridgehead atoms. The van der Waals surface area contributed by atoms with E-state index in [1.165, 1.54) is 11.8 Å². The summed E-state index contributed by atoms with van der Waals surface area (Å²) in [6, 6.07) is 9.36. The molecule has 0 saturated heterocycles. The van der Waals surface area contributed by atoms with Crippen molar-refractivity contribution >= 4 is 11.8 Å². The van der Waals surface area contributed by atoms with Crippen LogP contribution in [0.5, 0.6) is 0 Å². The molecule has 0 aliphatic rings. The van der Waals surface area contributed by atoms with Crippen LogP contribution in [-0.4, -0.2) is 20.9 Å². The van der Waals surface area contributed by atoms with Crippen molar-refractivity contribution in [2.45, 2.75) is 25.4 Å². The van der Waals surface area contributed by atoms with E-state index in [4.69, 9.17) is 0 Å². The maximum absolute atomic E-state index is 12.0. The number of nitrogens with one attached hydrogen (secondary N) is 1. The molecule has 0 aliphatic heterocycles. The monoisotopic (exact) mass is 275 g/mol. The van der Waals surface area contributed by atoms with E-state index < -0.39 is 0 Å². The third-order valence-electron chi connectivity index (χ3n) is 2.66. The van der Waals surface area contributed by atoms with Gasteiger partial charge in [0.15, 0.2) is 10.9 Å². The fraction of sp³-hybridized carbons (Fsp3) is 0.357. The first-order valence-electron chi connectivity index (χ1n) is 6.32. The van der Waals surface area contributed by atoms with Crippen molar-refractivity contribution in [3.05, 3.63) is 40.7 Å². The van der Waals surface area contributed by atoms with E-state index in [-0.39, 0.29) is 5.56 Å².